The van der Waals surface area contributed by atoms with E-state index in [0.29, 0.717) is 28.5 Å². The second-order valence-electron chi connectivity index (χ2n) is 10.4. The zero-order valence-corrected chi connectivity index (χ0v) is 28.2. The van der Waals surface area contributed by atoms with Gasteiger partial charge in [0, 0.05) is 5.69 Å². The molecule has 18 nitrogen and oxygen atoms in total. The standard InChI is InChI=1S/C27H25ClN8O10S3/c1-12-7-14-9-13(2)23(29)24(22(14)19(37)8-12)36-35-17-5-3-15(10-21(17)49(44,45)46)30-26-32-25(28)33-27(34-26)31-18-11-16(47(38,39)40)4-6-20(18)48(41,42)43/h3-11,35-37H,29H2,1-2H3,(H,38,39,40)(H,41,42,43)(H,44,45,46)(H2,30,31,32,33,34). The van der Waals surface area contributed by atoms with Gasteiger partial charge in [0.05, 0.1) is 33.0 Å². The van der Waals surface area contributed by atoms with E-state index in [4.69, 9.17) is 17.3 Å². The molecule has 22 heteroatoms. The maximum atomic E-state index is 12.4. The van der Waals surface area contributed by atoms with Crippen molar-refractivity contribution in [3.8, 4) is 5.75 Å². The number of nitrogen functional groups attached to an aromatic ring is 1. The van der Waals surface area contributed by atoms with Crippen LogP contribution in [0.3, 0.4) is 0 Å². The number of hydrogen-bond acceptors (Lipinski definition) is 15. The molecule has 5 aromatic rings. The normalized spacial score (nSPS) is 12.1. The van der Waals surface area contributed by atoms with Gasteiger partial charge in [0.25, 0.3) is 30.4 Å². The quantitative estimate of drug-likeness (QED) is 0.0547. The molecule has 0 aliphatic carbocycles. The van der Waals surface area contributed by atoms with Gasteiger partial charge in [-0.1, -0.05) is 6.07 Å². The molecule has 0 bridgehead atoms. The zero-order valence-electron chi connectivity index (χ0n) is 25.0. The Kier molecular flexibility index (Phi) is 9.20. The second kappa shape index (κ2) is 12.8. The van der Waals surface area contributed by atoms with Gasteiger partial charge in [-0.05, 0) is 90.5 Å². The second-order valence-corrected chi connectivity index (χ2v) is 14.9. The van der Waals surface area contributed by atoms with Crippen molar-refractivity contribution in [2.75, 3.05) is 27.2 Å². The lowest BCUT2D eigenvalue weighted by molar-refractivity contribution is 0.479. The van der Waals surface area contributed by atoms with Crippen LogP contribution in [0.2, 0.25) is 5.28 Å². The summed E-state index contributed by atoms with van der Waals surface area (Å²) in [4.78, 5) is 9.48. The first kappa shape index (κ1) is 35.3. The van der Waals surface area contributed by atoms with Gasteiger partial charge < -0.3 is 21.5 Å². The van der Waals surface area contributed by atoms with E-state index in [2.05, 4.69) is 36.4 Å². The van der Waals surface area contributed by atoms with Crippen LogP contribution in [-0.2, 0) is 30.4 Å². The third-order valence-corrected chi connectivity index (χ3v) is 9.65. The molecule has 4 aromatic carbocycles. The summed E-state index contributed by atoms with van der Waals surface area (Å²) in [5.74, 6) is -0.892. The number of nitrogens with one attached hydrogen (secondary N) is 4. The number of aromatic nitrogens is 3. The molecule has 1 aromatic heterocycles. The van der Waals surface area contributed by atoms with E-state index in [1.807, 2.05) is 6.07 Å². The van der Waals surface area contributed by atoms with E-state index >= 15 is 0 Å². The fourth-order valence-corrected chi connectivity index (χ4v) is 6.67. The smallest absolute Gasteiger partial charge is 0.296 e. The number of benzene rings is 4. The molecule has 5 rings (SSSR count). The molecule has 1 heterocycles. The van der Waals surface area contributed by atoms with Crippen molar-refractivity contribution in [2.24, 2.45) is 0 Å². The summed E-state index contributed by atoms with van der Waals surface area (Å²) in [5, 5.41) is 16.2. The minimum atomic E-state index is -4.92. The van der Waals surface area contributed by atoms with Crippen molar-refractivity contribution in [3.05, 3.63) is 71.0 Å². The molecule has 258 valence electrons. The predicted molar refractivity (Wildman–Crippen MR) is 180 cm³/mol. The summed E-state index contributed by atoms with van der Waals surface area (Å²) in [6, 6.07) is 10.9. The number of aryl methyl sites for hydroxylation is 2. The number of nitrogens with two attached hydrogens (primary N) is 1. The summed E-state index contributed by atoms with van der Waals surface area (Å²) in [7, 11) is -14.6. The largest absolute Gasteiger partial charge is 0.507 e. The van der Waals surface area contributed by atoms with Crippen molar-refractivity contribution in [1.29, 1.82) is 0 Å². The van der Waals surface area contributed by atoms with Crippen LogP contribution in [0.5, 0.6) is 5.75 Å². The number of phenols is 1. The number of fused-ring (bicyclic) bond motifs is 1. The molecule has 0 aliphatic heterocycles. The molecule has 0 atom stereocenters. The van der Waals surface area contributed by atoms with Crippen LogP contribution in [0.25, 0.3) is 10.8 Å². The average Bonchev–Trinajstić information content (AvgIpc) is 2.96. The van der Waals surface area contributed by atoms with Crippen LogP contribution in [0, 0.1) is 13.8 Å². The van der Waals surface area contributed by atoms with Crippen molar-refractivity contribution in [1.82, 2.24) is 15.0 Å². The summed E-state index contributed by atoms with van der Waals surface area (Å²) < 4.78 is 101. The molecule has 0 fully saturated rings. The molecule has 0 unspecified atom stereocenters. The first-order valence-corrected chi connectivity index (χ1v) is 18.1. The number of nitrogens with zero attached hydrogens (tertiary/aromatic N) is 3. The zero-order chi connectivity index (χ0) is 36.1. The van der Waals surface area contributed by atoms with Gasteiger partial charge in [-0.3, -0.25) is 24.5 Å². The number of phenolic OH excluding ortho intramolecular Hbond substituents is 1. The Morgan fingerprint density at radius 3 is 2.00 bits per heavy atom. The predicted octanol–water partition coefficient (Wildman–Crippen LogP) is 4.25. The van der Waals surface area contributed by atoms with Crippen molar-refractivity contribution in [3.63, 3.8) is 0 Å². The van der Waals surface area contributed by atoms with Crippen LogP contribution in [0.4, 0.5) is 40.3 Å². The van der Waals surface area contributed by atoms with Crippen LogP contribution >= 0.6 is 11.6 Å². The minimum absolute atomic E-state index is 0.00738. The maximum Gasteiger partial charge on any atom is 0.296 e. The molecule has 0 saturated carbocycles. The Labute approximate surface area is 283 Å². The van der Waals surface area contributed by atoms with Crippen molar-refractivity contribution < 1.29 is 44.0 Å². The van der Waals surface area contributed by atoms with E-state index in [1.165, 1.54) is 18.2 Å². The number of hydrogen-bond donors (Lipinski definition) is 9. The molecule has 49 heavy (non-hydrogen) atoms. The van der Waals surface area contributed by atoms with Gasteiger partial charge in [0.2, 0.25) is 17.2 Å². The monoisotopic (exact) mass is 752 g/mol. The average molecular weight is 753 g/mol. The van der Waals surface area contributed by atoms with Crippen molar-refractivity contribution in [2.45, 2.75) is 28.5 Å². The van der Waals surface area contributed by atoms with E-state index < -0.39 is 62.0 Å². The number of rotatable bonds is 10. The molecule has 0 aliphatic rings. The lowest BCUT2D eigenvalue weighted by Crippen LogP contribution is -2.15. The molecule has 0 spiro atoms. The van der Waals surface area contributed by atoms with Crippen LogP contribution in [0.1, 0.15) is 11.1 Å². The molecular weight excluding hydrogens is 728 g/mol. The van der Waals surface area contributed by atoms with Gasteiger partial charge in [0.1, 0.15) is 15.5 Å². The van der Waals surface area contributed by atoms with Gasteiger partial charge in [0.15, 0.2) is 0 Å². The molecular formula is C27H25ClN8O10S3. The van der Waals surface area contributed by atoms with Gasteiger partial charge >= 0.3 is 0 Å². The lowest BCUT2D eigenvalue weighted by Gasteiger charge is -2.19. The van der Waals surface area contributed by atoms with Crippen molar-refractivity contribution >= 4 is 93.1 Å². The van der Waals surface area contributed by atoms with Crippen LogP contribution < -0.4 is 27.2 Å². The number of hydrazine groups is 1. The van der Waals surface area contributed by atoms with Crippen LogP contribution in [-0.4, -0.2) is 59.0 Å². The SMILES string of the molecule is Cc1cc(O)c2c(NNc3ccc(Nc4nc(Cl)nc(Nc5cc(S(=O)(=O)O)ccc5S(=O)(=O)O)n4)cc3S(=O)(=O)O)c(N)c(C)cc2c1. The fraction of sp³-hybridized carbons (Fsp3) is 0.0741. The molecule has 0 amide bonds. The topological polar surface area (TPSA) is 296 Å². The number of anilines is 7. The van der Waals surface area contributed by atoms with E-state index in [9.17, 15) is 44.0 Å². The molecule has 0 saturated heterocycles. The highest BCUT2D eigenvalue weighted by molar-refractivity contribution is 7.86. The number of aromatic hydroxyl groups is 1. The summed E-state index contributed by atoms with van der Waals surface area (Å²) in [6.45, 7) is 3.55. The minimum Gasteiger partial charge on any atom is -0.507 e. The molecule has 0 radical (unpaired) electrons. The summed E-state index contributed by atoms with van der Waals surface area (Å²) in [5.41, 5.74) is 13.0. The van der Waals surface area contributed by atoms with E-state index in [1.54, 1.807) is 19.9 Å². The Bertz CT molecular complexity index is 2500. The Balaban J connectivity index is 1.47. The van der Waals surface area contributed by atoms with Gasteiger partial charge in [-0.15, -0.1) is 0 Å². The first-order chi connectivity index (χ1) is 22.7. The van der Waals surface area contributed by atoms with Gasteiger partial charge in [-0.2, -0.15) is 40.2 Å². The lowest BCUT2D eigenvalue weighted by atomic mass is 10.0. The maximum absolute atomic E-state index is 12.4. The summed E-state index contributed by atoms with van der Waals surface area (Å²) >= 11 is 6.00. The Hall–Kier alpha value is -5.03. The highest BCUT2D eigenvalue weighted by Crippen LogP contribution is 2.39. The highest BCUT2D eigenvalue weighted by atomic mass is 35.5. The fourth-order valence-electron chi connectivity index (χ4n) is 4.70. The number of halogens is 1. The first-order valence-electron chi connectivity index (χ1n) is 13.4. The Morgan fingerprint density at radius 2 is 1.37 bits per heavy atom. The third kappa shape index (κ3) is 7.83. The highest BCUT2D eigenvalue weighted by Gasteiger charge is 2.22. The Morgan fingerprint density at radius 1 is 0.714 bits per heavy atom. The van der Waals surface area contributed by atoms with E-state index in [-0.39, 0.29) is 34.4 Å². The third-order valence-electron chi connectivity index (χ3n) is 6.83. The van der Waals surface area contributed by atoms with Gasteiger partial charge in [-0.25, -0.2) is 0 Å². The van der Waals surface area contributed by atoms with Crippen LogP contribution in [0.15, 0.2) is 69.3 Å². The van der Waals surface area contributed by atoms with E-state index in [0.717, 1.165) is 17.7 Å². The summed E-state index contributed by atoms with van der Waals surface area (Å²) in [6.07, 6.45) is 0. The molecule has 10 N–H and O–H groups in total.